The first kappa shape index (κ1) is 20.0. The smallest absolute Gasteiger partial charge is 0.261 e. The monoisotopic (exact) mass is 378 g/mol. The van der Waals surface area contributed by atoms with Gasteiger partial charge in [0.15, 0.2) is 0 Å². The predicted molar refractivity (Wildman–Crippen MR) is 109 cm³/mol. The Balaban J connectivity index is 1.87. The van der Waals surface area contributed by atoms with Gasteiger partial charge >= 0.3 is 0 Å². The number of halogens is 1. The summed E-state index contributed by atoms with van der Waals surface area (Å²) < 4.78 is 0. The molecule has 2 rings (SSSR count). The minimum atomic E-state index is 0.00798. The van der Waals surface area contributed by atoms with Gasteiger partial charge in [0.2, 0.25) is 0 Å². The lowest BCUT2D eigenvalue weighted by atomic mass is 10.1. The first-order valence-electron chi connectivity index (χ1n) is 8.92. The maximum atomic E-state index is 12.4. The van der Waals surface area contributed by atoms with Crippen molar-refractivity contribution >= 4 is 28.8 Å². The molecule has 1 heterocycles. The zero-order chi connectivity index (χ0) is 18.2. The number of carbonyl (C=O) groups excluding carboxylic acids is 1. The fraction of sp³-hybridized carbons (Fsp3) is 0.450. The van der Waals surface area contributed by atoms with E-state index in [9.17, 15) is 4.79 Å². The zero-order valence-corrected chi connectivity index (χ0v) is 16.8. The van der Waals surface area contributed by atoms with Gasteiger partial charge in [0.25, 0.3) is 5.91 Å². The van der Waals surface area contributed by atoms with Crippen molar-refractivity contribution in [1.29, 1.82) is 0 Å². The Kier molecular flexibility index (Phi) is 7.94. The largest absolute Gasteiger partial charge is 0.349 e. The standard InChI is InChI=1S/C20H27ClN2OS/c1-4-23(5-2)13-7-8-15(3)22-20(24)19-12-11-18(25-19)16-9-6-10-17(21)14-16/h6,9-12,14-15H,4-5,7-8,13H2,1-3H3,(H,22,24). The lowest BCUT2D eigenvalue weighted by Crippen LogP contribution is -2.33. The summed E-state index contributed by atoms with van der Waals surface area (Å²) in [6.07, 6.45) is 2.09. The molecule has 1 N–H and O–H groups in total. The van der Waals surface area contributed by atoms with Crippen LogP contribution < -0.4 is 5.32 Å². The van der Waals surface area contributed by atoms with Crippen molar-refractivity contribution in [2.45, 2.75) is 39.7 Å². The van der Waals surface area contributed by atoms with Crippen LogP contribution in [0, 0.1) is 0 Å². The summed E-state index contributed by atoms with van der Waals surface area (Å²) in [7, 11) is 0. The summed E-state index contributed by atoms with van der Waals surface area (Å²) in [5.41, 5.74) is 1.05. The highest BCUT2D eigenvalue weighted by Crippen LogP contribution is 2.29. The molecule has 5 heteroatoms. The molecule has 0 saturated carbocycles. The molecule has 2 aromatic rings. The van der Waals surface area contributed by atoms with Gasteiger partial charge in [-0.1, -0.05) is 37.6 Å². The molecular formula is C20H27ClN2OS. The van der Waals surface area contributed by atoms with E-state index in [2.05, 4.69) is 31.0 Å². The maximum Gasteiger partial charge on any atom is 0.261 e. The van der Waals surface area contributed by atoms with E-state index >= 15 is 0 Å². The Hall–Kier alpha value is -1.36. The van der Waals surface area contributed by atoms with Crippen molar-refractivity contribution < 1.29 is 4.79 Å². The molecule has 0 radical (unpaired) electrons. The number of thiophene rings is 1. The van der Waals surface area contributed by atoms with E-state index in [1.807, 2.05) is 36.4 Å². The average molecular weight is 379 g/mol. The van der Waals surface area contributed by atoms with Gasteiger partial charge < -0.3 is 10.2 Å². The van der Waals surface area contributed by atoms with Gasteiger partial charge in [-0.25, -0.2) is 0 Å². The van der Waals surface area contributed by atoms with Crippen LogP contribution in [0.4, 0.5) is 0 Å². The summed E-state index contributed by atoms with van der Waals surface area (Å²) in [6, 6.07) is 11.8. The van der Waals surface area contributed by atoms with Gasteiger partial charge in [-0.2, -0.15) is 0 Å². The van der Waals surface area contributed by atoms with Crippen molar-refractivity contribution in [3.8, 4) is 10.4 Å². The van der Waals surface area contributed by atoms with E-state index in [0.717, 1.165) is 47.8 Å². The number of hydrogen-bond donors (Lipinski definition) is 1. The normalized spacial score (nSPS) is 12.4. The van der Waals surface area contributed by atoms with Gasteiger partial charge in [-0.05, 0) is 69.2 Å². The third-order valence-electron chi connectivity index (χ3n) is 4.32. The highest BCUT2D eigenvalue weighted by atomic mass is 35.5. The highest BCUT2D eigenvalue weighted by Gasteiger charge is 2.13. The van der Waals surface area contributed by atoms with E-state index in [1.165, 1.54) is 11.3 Å². The van der Waals surface area contributed by atoms with Gasteiger partial charge in [-0.3, -0.25) is 4.79 Å². The molecule has 0 saturated heterocycles. The Labute approximate surface area is 160 Å². The quantitative estimate of drug-likeness (QED) is 0.641. The predicted octanol–water partition coefficient (Wildman–Crippen LogP) is 5.31. The Morgan fingerprint density at radius 2 is 2.00 bits per heavy atom. The number of carbonyl (C=O) groups is 1. The van der Waals surface area contributed by atoms with Crippen LogP contribution in [0.3, 0.4) is 0 Å². The minimum Gasteiger partial charge on any atom is -0.349 e. The molecule has 0 spiro atoms. The van der Waals surface area contributed by atoms with Crippen LogP contribution >= 0.6 is 22.9 Å². The average Bonchev–Trinajstić information content (AvgIpc) is 3.09. The second kappa shape index (κ2) is 9.95. The van der Waals surface area contributed by atoms with Crippen molar-refractivity contribution in [3.63, 3.8) is 0 Å². The second-order valence-corrected chi connectivity index (χ2v) is 7.74. The van der Waals surface area contributed by atoms with Crippen molar-refractivity contribution in [1.82, 2.24) is 10.2 Å². The summed E-state index contributed by atoms with van der Waals surface area (Å²) in [5, 5.41) is 3.82. The first-order chi connectivity index (χ1) is 12.0. The molecule has 1 aromatic heterocycles. The first-order valence-corrected chi connectivity index (χ1v) is 10.1. The lowest BCUT2D eigenvalue weighted by Gasteiger charge is -2.19. The fourth-order valence-corrected chi connectivity index (χ4v) is 3.88. The van der Waals surface area contributed by atoms with Crippen LogP contribution in [0.15, 0.2) is 36.4 Å². The van der Waals surface area contributed by atoms with Gasteiger partial charge in [-0.15, -0.1) is 11.3 Å². The molecule has 0 aliphatic carbocycles. The molecule has 3 nitrogen and oxygen atoms in total. The Bertz CT molecular complexity index is 682. The van der Waals surface area contributed by atoms with Crippen LogP contribution in [-0.2, 0) is 0 Å². The number of amides is 1. The number of hydrogen-bond acceptors (Lipinski definition) is 3. The molecule has 0 aliphatic rings. The van der Waals surface area contributed by atoms with Gasteiger partial charge in [0.1, 0.15) is 0 Å². The van der Waals surface area contributed by atoms with Crippen LogP contribution in [0.1, 0.15) is 43.3 Å². The SMILES string of the molecule is CCN(CC)CCCC(C)NC(=O)c1ccc(-c2cccc(Cl)c2)s1. The van der Waals surface area contributed by atoms with E-state index < -0.39 is 0 Å². The van der Waals surface area contributed by atoms with Crippen LogP contribution in [0.25, 0.3) is 10.4 Å². The third kappa shape index (κ3) is 6.14. The minimum absolute atomic E-state index is 0.00798. The molecular weight excluding hydrogens is 352 g/mol. The second-order valence-electron chi connectivity index (χ2n) is 6.22. The van der Waals surface area contributed by atoms with E-state index in [4.69, 9.17) is 11.6 Å². The number of nitrogens with zero attached hydrogens (tertiary/aromatic N) is 1. The molecule has 0 fully saturated rings. The Morgan fingerprint density at radius 1 is 1.24 bits per heavy atom. The molecule has 0 aliphatic heterocycles. The molecule has 1 amide bonds. The summed E-state index contributed by atoms with van der Waals surface area (Å²) >= 11 is 7.55. The van der Waals surface area contributed by atoms with Crippen LogP contribution in [0.5, 0.6) is 0 Å². The molecule has 1 atom stereocenters. The molecule has 25 heavy (non-hydrogen) atoms. The van der Waals surface area contributed by atoms with Crippen LogP contribution in [-0.4, -0.2) is 36.5 Å². The summed E-state index contributed by atoms with van der Waals surface area (Å²) in [4.78, 5) is 16.6. The van der Waals surface area contributed by atoms with Crippen molar-refractivity contribution in [2.75, 3.05) is 19.6 Å². The molecule has 1 unspecified atom stereocenters. The number of benzene rings is 1. The van der Waals surface area contributed by atoms with Crippen molar-refractivity contribution in [2.24, 2.45) is 0 Å². The zero-order valence-electron chi connectivity index (χ0n) is 15.2. The van der Waals surface area contributed by atoms with E-state index in [0.29, 0.717) is 5.02 Å². The van der Waals surface area contributed by atoms with E-state index in [1.54, 1.807) is 0 Å². The van der Waals surface area contributed by atoms with E-state index in [-0.39, 0.29) is 11.9 Å². The van der Waals surface area contributed by atoms with Crippen LogP contribution in [0.2, 0.25) is 5.02 Å². The Morgan fingerprint density at radius 3 is 2.68 bits per heavy atom. The molecule has 0 bridgehead atoms. The number of rotatable bonds is 9. The lowest BCUT2D eigenvalue weighted by molar-refractivity contribution is 0.0941. The summed E-state index contributed by atoms with van der Waals surface area (Å²) in [6.45, 7) is 9.69. The highest BCUT2D eigenvalue weighted by molar-refractivity contribution is 7.17. The molecule has 1 aromatic carbocycles. The third-order valence-corrected chi connectivity index (χ3v) is 5.69. The topological polar surface area (TPSA) is 32.3 Å². The maximum absolute atomic E-state index is 12.4. The summed E-state index contributed by atoms with van der Waals surface area (Å²) in [5.74, 6) is 0.00798. The fourth-order valence-electron chi connectivity index (χ4n) is 2.78. The van der Waals surface area contributed by atoms with Crippen molar-refractivity contribution in [3.05, 3.63) is 46.3 Å². The van der Waals surface area contributed by atoms with Gasteiger partial charge in [0.05, 0.1) is 4.88 Å². The number of nitrogens with one attached hydrogen (secondary N) is 1. The van der Waals surface area contributed by atoms with Gasteiger partial charge in [0, 0.05) is 15.9 Å². The molecule has 136 valence electrons.